The lowest BCUT2D eigenvalue weighted by Gasteiger charge is -2.15. The molecule has 37 heavy (non-hydrogen) atoms. The highest BCUT2D eigenvalue weighted by molar-refractivity contribution is 6.14. The number of imide groups is 1. The number of hydrogen-bond acceptors (Lipinski definition) is 6. The number of carbonyl (C=O) groups is 2. The van der Waals surface area contributed by atoms with E-state index < -0.39 is 11.9 Å². The third-order valence-electron chi connectivity index (χ3n) is 6.42. The minimum absolute atomic E-state index is 0.131. The van der Waals surface area contributed by atoms with Gasteiger partial charge in [0.05, 0.1) is 6.20 Å². The summed E-state index contributed by atoms with van der Waals surface area (Å²) < 4.78 is 15.9. The Morgan fingerprint density at radius 1 is 1.11 bits per heavy atom. The highest BCUT2D eigenvalue weighted by Crippen LogP contribution is 2.30. The average molecular weight is 498 g/mol. The van der Waals surface area contributed by atoms with Crippen molar-refractivity contribution in [2.75, 3.05) is 10.6 Å². The first-order valence-electron chi connectivity index (χ1n) is 12.0. The van der Waals surface area contributed by atoms with Crippen molar-refractivity contribution in [2.45, 2.75) is 32.4 Å². The van der Waals surface area contributed by atoms with Crippen LogP contribution >= 0.6 is 0 Å². The lowest BCUT2D eigenvalue weighted by molar-refractivity contribution is -0.115. The van der Waals surface area contributed by atoms with E-state index in [0.29, 0.717) is 29.6 Å². The molecule has 6 rings (SSSR count). The molecule has 1 saturated heterocycles. The molecule has 0 atom stereocenters. The molecule has 1 aliphatic heterocycles. The summed E-state index contributed by atoms with van der Waals surface area (Å²) in [5, 5.41) is 16.0. The predicted molar refractivity (Wildman–Crippen MR) is 138 cm³/mol. The van der Waals surface area contributed by atoms with Crippen LogP contribution in [0.3, 0.4) is 0 Å². The summed E-state index contributed by atoms with van der Waals surface area (Å²) in [7, 11) is 0. The zero-order chi connectivity index (χ0) is 25.5. The van der Waals surface area contributed by atoms with Crippen molar-refractivity contribution in [2.24, 2.45) is 0 Å². The van der Waals surface area contributed by atoms with Gasteiger partial charge in [0.1, 0.15) is 23.1 Å². The number of aromatic nitrogens is 3. The predicted octanol–water partition coefficient (Wildman–Crippen LogP) is 4.21. The third kappa shape index (κ3) is 4.61. The molecule has 2 fully saturated rings. The molecule has 3 amide bonds. The van der Waals surface area contributed by atoms with Gasteiger partial charge >= 0.3 is 6.03 Å². The molecule has 9 nitrogen and oxygen atoms in total. The van der Waals surface area contributed by atoms with Gasteiger partial charge in [-0.25, -0.2) is 14.2 Å². The lowest BCUT2D eigenvalue weighted by atomic mass is 9.96. The number of aryl methyl sites for hydroxylation is 1. The topological polar surface area (TPSA) is 112 Å². The van der Waals surface area contributed by atoms with E-state index in [1.165, 1.54) is 6.07 Å². The molecule has 3 heterocycles. The first-order valence-corrected chi connectivity index (χ1v) is 12.0. The highest BCUT2D eigenvalue weighted by Gasteiger charge is 2.25. The molecule has 10 heteroatoms. The van der Waals surface area contributed by atoms with E-state index >= 15 is 0 Å². The van der Waals surface area contributed by atoms with Crippen LogP contribution in [0.4, 0.5) is 20.8 Å². The van der Waals surface area contributed by atoms with Gasteiger partial charge in [0, 0.05) is 24.2 Å². The van der Waals surface area contributed by atoms with Gasteiger partial charge < -0.3 is 16.0 Å². The Kier molecular flexibility index (Phi) is 5.56. The number of hydrogen-bond donors (Lipinski definition) is 4. The Balaban J connectivity index is 1.36. The Labute approximate surface area is 211 Å². The maximum Gasteiger partial charge on any atom is 0.326 e. The average Bonchev–Trinajstić information content (AvgIpc) is 3.51. The summed E-state index contributed by atoms with van der Waals surface area (Å²) in [6, 6.07) is 14.4. The number of nitrogens with zero attached hydrogens (tertiary/aromatic N) is 3. The Morgan fingerprint density at radius 2 is 1.95 bits per heavy atom. The summed E-state index contributed by atoms with van der Waals surface area (Å²) in [6.07, 6.45) is 5.31. The zero-order valence-electron chi connectivity index (χ0n) is 20.0. The Morgan fingerprint density at radius 3 is 2.70 bits per heavy atom. The molecule has 1 aliphatic carbocycles. The fourth-order valence-electron chi connectivity index (χ4n) is 4.36. The van der Waals surface area contributed by atoms with E-state index in [0.717, 1.165) is 40.9 Å². The van der Waals surface area contributed by atoms with Gasteiger partial charge in [0.15, 0.2) is 5.65 Å². The van der Waals surface area contributed by atoms with Crippen LogP contribution in [0.1, 0.15) is 29.5 Å². The first-order chi connectivity index (χ1) is 17.9. The summed E-state index contributed by atoms with van der Waals surface area (Å²) in [6.45, 7) is 2.42. The SMILES string of the molecule is Cc1ccccc1-c1cc(F)ccc1CNc1cc(NC2CC2)n2ncc(/C=C3\NC(=O)NC3=O)c2n1. The van der Waals surface area contributed by atoms with Gasteiger partial charge in [-0.15, -0.1) is 0 Å². The Hall–Kier alpha value is -4.73. The monoisotopic (exact) mass is 497 g/mol. The number of rotatable bonds is 7. The maximum absolute atomic E-state index is 14.2. The van der Waals surface area contributed by atoms with Gasteiger partial charge in [-0.2, -0.15) is 9.61 Å². The van der Waals surface area contributed by atoms with Crippen LogP contribution in [0, 0.1) is 12.7 Å². The standard InChI is InChI=1S/C27H24FN7O2/c1-15-4-2-3-5-20(15)21-11-18(28)7-6-16(21)13-29-23-12-24(31-19-8-9-19)35-25(33-23)17(14-30-35)10-22-26(36)34-27(37)32-22/h2-7,10-12,14,19,31H,8-9,13H2,1H3,(H,29,33)(H2,32,34,36,37)/b22-10-. The second-order valence-electron chi connectivity index (χ2n) is 9.22. The molecule has 2 aromatic carbocycles. The molecule has 0 unspecified atom stereocenters. The Bertz CT molecular complexity index is 1590. The van der Waals surface area contributed by atoms with E-state index in [-0.39, 0.29) is 11.5 Å². The van der Waals surface area contributed by atoms with Gasteiger partial charge in [-0.05, 0) is 60.2 Å². The van der Waals surface area contributed by atoms with Crippen LogP contribution < -0.4 is 21.3 Å². The molecule has 186 valence electrons. The normalized spacial score (nSPS) is 16.2. The minimum atomic E-state index is -0.567. The largest absolute Gasteiger partial charge is 0.367 e. The van der Waals surface area contributed by atoms with Crippen LogP contribution in [0.2, 0.25) is 0 Å². The van der Waals surface area contributed by atoms with Crippen LogP contribution in [0.5, 0.6) is 0 Å². The van der Waals surface area contributed by atoms with E-state index in [1.54, 1.807) is 28.9 Å². The number of anilines is 2. The van der Waals surface area contributed by atoms with Crippen LogP contribution in [0.25, 0.3) is 22.9 Å². The van der Waals surface area contributed by atoms with Gasteiger partial charge in [-0.3, -0.25) is 10.1 Å². The van der Waals surface area contributed by atoms with Crippen molar-refractivity contribution < 1.29 is 14.0 Å². The fraction of sp³-hybridized carbons (Fsp3) is 0.185. The second-order valence-corrected chi connectivity index (χ2v) is 9.22. The maximum atomic E-state index is 14.2. The summed E-state index contributed by atoms with van der Waals surface area (Å²) >= 11 is 0. The van der Waals surface area contributed by atoms with Crippen molar-refractivity contribution in [3.8, 4) is 11.1 Å². The number of carbonyl (C=O) groups excluding carboxylic acids is 2. The molecular formula is C27H24FN7O2. The number of urea groups is 1. The first kappa shape index (κ1) is 22.7. The third-order valence-corrected chi connectivity index (χ3v) is 6.42. The number of halogens is 1. The molecule has 1 saturated carbocycles. The van der Waals surface area contributed by atoms with Gasteiger partial charge in [0.25, 0.3) is 5.91 Å². The molecule has 4 aromatic rings. The smallest absolute Gasteiger partial charge is 0.326 e. The summed E-state index contributed by atoms with van der Waals surface area (Å²) in [5.74, 6) is 0.556. The zero-order valence-corrected chi connectivity index (χ0v) is 20.0. The molecule has 0 radical (unpaired) electrons. The summed E-state index contributed by atoms with van der Waals surface area (Å²) in [4.78, 5) is 28.3. The molecule has 0 bridgehead atoms. The summed E-state index contributed by atoms with van der Waals surface area (Å²) in [5.41, 5.74) is 5.01. The van der Waals surface area contributed by atoms with Gasteiger partial charge in [0.2, 0.25) is 0 Å². The highest BCUT2D eigenvalue weighted by atomic mass is 19.1. The van der Waals surface area contributed by atoms with Crippen LogP contribution in [0.15, 0.2) is 60.4 Å². The van der Waals surface area contributed by atoms with Crippen molar-refractivity contribution in [3.05, 3.63) is 82.9 Å². The number of amides is 3. The fourth-order valence-corrected chi connectivity index (χ4v) is 4.36. The van der Waals surface area contributed by atoms with Crippen LogP contribution in [-0.2, 0) is 11.3 Å². The van der Waals surface area contributed by atoms with Gasteiger partial charge in [-0.1, -0.05) is 30.3 Å². The number of nitrogens with one attached hydrogen (secondary N) is 4. The molecule has 4 N–H and O–H groups in total. The van der Waals surface area contributed by atoms with E-state index in [4.69, 9.17) is 4.98 Å². The van der Waals surface area contributed by atoms with Crippen molar-refractivity contribution >= 4 is 35.3 Å². The van der Waals surface area contributed by atoms with Crippen molar-refractivity contribution in [1.29, 1.82) is 0 Å². The molecule has 2 aliphatic rings. The van der Waals surface area contributed by atoms with E-state index in [9.17, 15) is 14.0 Å². The van der Waals surface area contributed by atoms with Crippen molar-refractivity contribution in [3.63, 3.8) is 0 Å². The van der Waals surface area contributed by atoms with E-state index in [2.05, 4.69) is 26.4 Å². The number of fused-ring (bicyclic) bond motifs is 1. The molecule has 0 spiro atoms. The van der Waals surface area contributed by atoms with E-state index in [1.807, 2.05) is 37.3 Å². The quantitative estimate of drug-likeness (QED) is 0.225. The molecular weight excluding hydrogens is 473 g/mol. The van der Waals surface area contributed by atoms with Crippen LogP contribution in [-0.4, -0.2) is 32.6 Å². The number of benzene rings is 2. The van der Waals surface area contributed by atoms with Crippen molar-refractivity contribution in [1.82, 2.24) is 25.2 Å². The second kappa shape index (κ2) is 9.05. The lowest BCUT2D eigenvalue weighted by Crippen LogP contribution is -2.22. The minimum Gasteiger partial charge on any atom is -0.367 e. The molecule has 2 aromatic heterocycles.